The molecule has 1 atom stereocenters. The summed E-state index contributed by atoms with van der Waals surface area (Å²) in [5, 5.41) is 4.26. The van der Waals surface area contributed by atoms with Gasteiger partial charge in [0.2, 0.25) is 0 Å². The SMILES string of the molecule is COc1cc(N2CCNC(C(C)(C)C)C2)ccc1Cl. The maximum absolute atomic E-state index is 6.08. The van der Waals surface area contributed by atoms with E-state index in [1.54, 1.807) is 7.11 Å². The molecule has 2 rings (SSSR count). The minimum Gasteiger partial charge on any atom is -0.495 e. The van der Waals surface area contributed by atoms with Crippen LogP contribution in [0.2, 0.25) is 5.02 Å². The van der Waals surface area contributed by atoms with Crippen LogP contribution in [-0.4, -0.2) is 32.8 Å². The Bertz CT molecular complexity index is 442. The van der Waals surface area contributed by atoms with E-state index in [1.165, 1.54) is 5.69 Å². The molecule has 0 bridgehead atoms. The highest BCUT2D eigenvalue weighted by Gasteiger charge is 2.29. The molecule has 0 amide bonds. The van der Waals surface area contributed by atoms with Crippen molar-refractivity contribution in [1.82, 2.24) is 5.32 Å². The van der Waals surface area contributed by atoms with Crippen molar-refractivity contribution in [3.63, 3.8) is 0 Å². The molecule has 19 heavy (non-hydrogen) atoms. The summed E-state index contributed by atoms with van der Waals surface area (Å²) in [6, 6.07) is 6.48. The zero-order chi connectivity index (χ0) is 14.0. The monoisotopic (exact) mass is 282 g/mol. The first-order valence-corrected chi connectivity index (χ1v) is 7.11. The highest BCUT2D eigenvalue weighted by atomic mass is 35.5. The Balaban J connectivity index is 2.17. The zero-order valence-corrected chi connectivity index (χ0v) is 12.9. The fourth-order valence-corrected chi connectivity index (χ4v) is 2.60. The fraction of sp³-hybridized carbons (Fsp3) is 0.600. The highest BCUT2D eigenvalue weighted by molar-refractivity contribution is 6.32. The van der Waals surface area contributed by atoms with Crippen molar-refractivity contribution < 1.29 is 4.74 Å². The van der Waals surface area contributed by atoms with Crippen LogP contribution < -0.4 is 15.0 Å². The third-order valence-corrected chi connectivity index (χ3v) is 4.03. The lowest BCUT2D eigenvalue weighted by Crippen LogP contribution is -2.56. The van der Waals surface area contributed by atoms with Crippen LogP contribution in [0.5, 0.6) is 5.75 Å². The quantitative estimate of drug-likeness (QED) is 0.902. The first-order chi connectivity index (χ1) is 8.91. The molecule has 4 heteroatoms. The van der Waals surface area contributed by atoms with E-state index in [1.807, 2.05) is 12.1 Å². The largest absolute Gasteiger partial charge is 0.495 e. The van der Waals surface area contributed by atoms with Crippen molar-refractivity contribution in [2.75, 3.05) is 31.6 Å². The average Bonchev–Trinajstić information content (AvgIpc) is 2.38. The molecule has 106 valence electrons. The van der Waals surface area contributed by atoms with Gasteiger partial charge in [-0.3, -0.25) is 0 Å². The van der Waals surface area contributed by atoms with E-state index in [2.05, 4.69) is 37.1 Å². The molecule has 1 heterocycles. The second kappa shape index (κ2) is 5.59. The second-order valence-electron chi connectivity index (χ2n) is 6.14. The van der Waals surface area contributed by atoms with E-state index in [0.29, 0.717) is 11.1 Å². The number of hydrogen-bond donors (Lipinski definition) is 1. The maximum Gasteiger partial charge on any atom is 0.139 e. The minimum atomic E-state index is 0.259. The van der Waals surface area contributed by atoms with Crippen molar-refractivity contribution >= 4 is 17.3 Å². The first-order valence-electron chi connectivity index (χ1n) is 6.73. The van der Waals surface area contributed by atoms with E-state index in [4.69, 9.17) is 16.3 Å². The second-order valence-corrected chi connectivity index (χ2v) is 6.54. The van der Waals surface area contributed by atoms with Crippen LogP contribution in [-0.2, 0) is 0 Å². The van der Waals surface area contributed by atoms with Crippen molar-refractivity contribution in [3.8, 4) is 5.75 Å². The van der Waals surface area contributed by atoms with Gasteiger partial charge in [0.05, 0.1) is 12.1 Å². The van der Waals surface area contributed by atoms with Gasteiger partial charge >= 0.3 is 0 Å². The predicted octanol–water partition coefficient (Wildman–Crippen LogP) is 3.17. The Morgan fingerprint density at radius 1 is 1.37 bits per heavy atom. The van der Waals surface area contributed by atoms with E-state index in [9.17, 15) is 0 Å². The molecule has 0 aliphatic carbocycles. The van der Waals surface area contributed by atoms with Crippen LogP contribution in [0.3, 0.4) is 0 Å². The van der Waals surface area contributed by atoms with Crippen molar-refractivity contribution in [1.29, 1.82) is 0 Å². The van der Waals surface area contributed by atoms with Gasteiger partial charge in [0, 0.05) is 37.4 Å². The van der Waals surface area contributed by atoms with E-state index >= 15 is 0 Å². The lowest BCUT2D eigenvalue weighted by Gasteiger charge is -2.41. The van der Waals surface area contributed by atoms with Gasteiger partial charge < -0.3 is 15.0 Å². The topological polar surface area (TPSA) is 24.5 Å². The summed E-state index contributed by atoms with van der Waals surface area (Å²) < 4.78 is 5.30. The van der Waals surface area contributed by atoms with E-state index < -0.39 is 0 Å². The third-order valence-electron chi connectivity index (χ3n) is 3.72. The van der Waals surface area contributed by atoms with Crippen LogP contribution >= 0.6 is 11.6 Å². The molecule has 1 aromatic carbocycles. The summed E-state index contributed by atoms with van der Waals surface area (Å²) in [6.07, 6.45) is 0. The lowest BCUT2D eigenvalue weighted by molar-refractivity contribution is 0.254. The van der Waals surface area contributed by atoms with Gasteiger partial charge in [-0.05, 0) is 17.5 Å². The number of rotatable bonds is 2. The molecular formula is C15H23ClN2O. The number of piperazine rings is 1. The van der Waals surface area contributed by atoms with Gasteiger partial charge in [0.1, 0.15) is 5.75 Å². The predicted molar refractivity (Wildman–Crippen MR) is 81.5 cm³/mol. The Labute approximate surface area is 120 Å². The molecular weight excluding hydrogens is 260 g/mol. The number of anilines is 1. The van der Waals surface area contributed by atoms with Gasteiger partial charge in [-0.25, -0.2) is 0 Å². The number of benzene rings is 1. The Morgan fingerprint density at radius 3 is 2.74 bits per heavy atom. The fourth-order valence-electron chi connectivity index (χ4n) is 2.41. The number of nitrogens with one attached hydrogen (secondary N) is 1. The zero-order valence-electron chi connectivity index (χ0n) is 12.2. The van der Waals surface area contributed by atoms with Crippen molar-refractivity contribution in [2.45, 2.75) is 26.8 Å². The average molecular weight is 283 g/mol. The van der Waals surface area contributed by atoms with E-state index in [0.717, 1.165) is 25.4 Å². The molecule has 1 N–H and O–H groups in total. The third kappa shape index (κ3) is 3.34. The van der Waals surface area contributed by atoms with Crippen LogP contribution in [0.4, 0.5) is 5.69 Å². The first kappa shape index (κ1) is 14.5. The van der Waals surface area contributed by atoms with Crippen molar-refractivity contribution in [2.24, 2.45) is 5.41 Å². The number of methoxy groups -OCH3 is 1. The maximum atomic E-state index is 6.08. The highest BCUT2D eigenvalue weighted by Crippen LogP contribution is 2.31. The molecule has 0 saturated carbocycles. The van der Waals surface area contributed by atoms with Crippen LogP contribution in [0, 0.1) is 5.41 Å². The smallest absolute Gasteiger partial charge is 0.139 e. The number of halogens is 1. The molecule has 1 fully saturated rings. The summed E-state index contributed by atoms with van der Waals surface area (Å²) in [5.41, 5.74) is 1.44. The van der Waals surface area contributed by atoms with Gasteiger partial charge in [-0.2, -0.15) is 0 Å². The number of hydrogen-bond acceptors (Lipinski definition) is 3. The normalized spacial score (nSPS) is 20.5. The molecule has 1 aromatic rings. The number of ether oxygens (including phenoxy) is 1. The summed E-state index contributed by atoms with van der Waals surface area (Å²) in [4.78, 5) is 2.39. The molecule has 0 radical (unpaired) electrons. The molecule has 0 spiro atoms. The minimum absolute atomic E-state index is 0.259. The lowest BCUT2D eigenvalue weighted by atomic mass is 9.85. The molecule has 1 saturated heterocycles. The Morgan fingerprint density at radius 2 is 2.11 bits per heavy atom. The molecule has 1 unspecified atom stereocenters. The summed E-state index contributed by atoms with van der Waals surface area (Å²) in [5.74, 6) is 0.741. The van der Waals surface area contributed by atoms with Gasteiger partial charge in [-0.15, -0.1) is 0 Å². The summed E-state index contributed by atoms with van der Waals surface area (Å²) in [6.45, 7) is 9.85. The summed E-state index contributed by atoms with van der Waals surface area (Å²) in [7, 11) is 1.65. The molecule has 1 aliphatic heterocycles. The Hall–Kier alpha value is -0.930. The standard InChI is InChI=1S/C15H23ClN2O/c1-15(2,3)14-10-18(8-7-17-14)11-5-6-12(16)13(9-11)19-4/h5-6,9,14,17H,7-8,10H2,1-4H3. The van der Waals surface area contributed by atoms with Gasteiger partial charge in [0.25, 0.3) is 0 Å². The van der Waals surface area contributed by atoms with Crippen LogP contribution in [0.1, 0.15) is 20.8 Å². The number of nitrogens with zero attached hydrogens (tertiary/aromatic N) is 1. The summed E-state index contributed by atoms with van der Waals surface area (Å²) >= 11 is 6.08. The van der Waals surface area contributed by atoms with Crippen molar-refractivity contribution in [3.05, 3.63) is 23.2 Å². The van der Waals surface area contributed by atoms with E-state index in [-0.39, 0.29) is 5.41 Å². The molecule has 3 nitrogen and oxygen atoms in total. The van der Waals surface area contributed by atoms with Gasteiger partial charge in [-0.1, -0.05) is 32.4 Å². The van der Waals surface area contributed by atoms with Gasteiger partial charge in [0.15, 0.2) is 0 Å². The molecule has 1 aliphatic rings. The van der Waals surface area contributed by atoms with Crippen LogP contribution in [0.15, 0.2) is 18.2 Å². The Kier molecular flexibility index (Phi) is 4.26. The van der Waals surface area contributed by atoms with Crippen LogP contribution in [0.25, 0.3) is 0 Å². The molecule has 0 aromatic heterocycles.